The molecule has 0 aliphatic carbocycles. The highest BCUT2D eigenvalue weighted by molar-refractivity contribution is 7.92. The highest BCUT2D eigenvalue weighted by Crippen LogP contribution is 2.40. The maximum atomic E-state index is 13.1. The first-order chi connectivity index (χ1) is 11.5. The Morgan fingerprint density at radius 1 is 1.12 bits per heavy atom. The number of H-pyrrole nitrogens is 1. The lowest BCUT2D eigenvalue weighted by Gasteiger charge is -2.29. The molecule has 24 heavy (non-hydrogen) atoms. The monoisotopic (exact) mass is 342 g/mol. The highest BCUT2D eigenvalue weighted by atomic mass is 32.2. The molecule has 4 rings (SSSR count). The predicted octanol–water partition coefficient (Wildman–Crippen LogP) is 3.24. The summed E-state index contributed by atoms with van der Waals surface area (Å²) in [5, 5.41) is 0.927. The standard InChI is InChI=1S/C18H18N2O3S/c1-12-3-5-14(6-4-12)24(21,22)20-10-9-13-11-19-18-16(23-2)8-7-15(20)17(13)18/h3-8,11,19H,9-10H2,1-2H3. The first kappa shape index (κ1) is 15.1. The molecule has 0 amide bonds. The number of rotatable bonds is 3. The Balaban J connectivity index is 1.90. The van der Waals surface area contributed by atoms with Gasteiger partial charge in [0, 0.05) is 18.1 Å². The number of nitrogens with one attached hydrogen (secondary N) is 1. The number of hydrogen-bond donors (Lipinski definition) is 1. The topological polar surface area (TPSA) is 62.4 Å². The fraction of sp³-hybridized carbons (Fsp3) is 0.222. The van der Waals surface area contributed by atoms with Gasteiger partial charge in [-0.3, -0.25) is 4.31 Å². The molecule has 2 heterocycles. The van der Waals surface area contributed by atoms with Gasteiger partial charge < -0.3 is 9.72 Å². The maximum absolute atomic E-state index is 13.1. The first-order valence-corrected chi connectivity index (χ1v) is 9.23. The minimum Gasteiger partial charge on any atom is -0.495 e. The molecule has 6 heteroatoms. The Morgan fingerprint density at radius 3 is 2.58 bits per heavy atom. The van der Waals surface area contributed by atoms with Crippen LogP contribution in [0.25, 0.3) is 10.9 Å². The molecular weight excluding hydrogens is 324 g/mol. The summed E-state index contributed by atoms with van der Waals surface area (Å²) in [6.07, 6.45) is 2.61. The fourth-order valence-electron chi connectivity index (χ4n) is 3.28. The predicted molar refractivity (Wildman–Crippen MR) is 94.3 cm³/mol. The molecule has 1 N–H and O–H groups in total. The molecule has 5 nitrogen and oxygen atoms in total. The molecule has 124 valence electrons. The summed E-state index contributed by atoms with van der Waals surface area (Å²) in [6.45, 7) is 2.37. The summed E-state index contributed by atoms with van der Waals surface area (Å²) in [5.74, 6) is 0.717. The summed E-state index contributed by atoms with van der Waals surface area (Å²) >= 11 is 0. The van der Waals surface area contributed by atoms with Gasteiger partial charge >= 0.3 is 0 Å². The van der Waals surface area contributed by atoms with Gasteiger partial charge in [0.2, 0.25) is 0 Å². The van der Waals surface area contributed by atoms with Crippen LogP contribution in [0.4, 0.5) is 5.69 Å². The Labute approximate surface area is 140 Å². The Bertz CT molecular complexity index is 1020. The maximum Gasteiger partial charge on any atom is 0.264 e. The van der Waals surface area contributed by atoms with Crippen LogP contribution in [-0.4, -0.2) is 27.1 Å². The van der Waals surface area contributed by atoms with Gasteiger partial charge in [-0.2, -0.15) is 0 Å². The van der Waals surface area contributed by atoms with E-state index >= 15 is 0 Å². The van der Waals surface area contributed by atoms with E-state index in [9.17, 15) is 8.42 Å². The molecule has 0 unspecified atom stereocenters. The van der Waals surface area contributed by atoms with Crippen molar-refractivity contribution in [3.63, 3.8) is 0 Å². The van der Waals surface area contributed by atoms with E-state index in [2.05, 4.69) is 4.98 Å². The summed E-state index contributed by atoms with van der Waals surface area (Å²) in [5.41, 5.74) is 3.70. The van der Waals surface area contributed by atoms with Crippen molar-refractivity contribution in [1.82, 2.24) is 4.98 Å². The van der Waals surface area contributed by atoms with E-state index < -0.39 is 10.0 Å². The van der Waals surface area contributed by atoms with E-state index in [0.717, 1.165) is 27.8 Å². The van der Waals surface area contributed by atoms with Crippen molar-refractivity contribution >= 4 is 26.6 Å². The number of hydrogen-bond acceptors (Lipinski definition) is 3. The quantitative estimate of drug-likeness (QED) is 0.795. The third kappa shape index (κ3) is 2.10. The molecule has 0 saturated carbocycles. The number of aromatic amines is 1. The lowest BCUT2D eigenvalue weighted by atomic mass is 10.0. The number of benzene rings is 2. The van der Waals surface area contributed by atoms with Crippen molar-refractivity contribution in [1.29, 1.82) is 0 Å². The smallest absolute Gasteiger partial charge is 0.264 e. The lowest BCUT2D eigenvalue weighted by Crippen LogP contribution is -2.35. The van der Waals surface area contributed by atoms with Crippen LogP contribution >= 0.6 is 0 Å². The van der Waals surface area contributed by atoms with Crippen molar-refractivity contribution in [3.05, 3.63) is 53.7 Å². The number of methoxy groups -OCH3 is 1. The highest BCUT2D eigenvalue weighted by Gasteiger charge is 2.31. The molecule has 2 aromatic carbocycles. The second-order valence-corrected chi connectivity index (χ2v) is 7.85. The molecule has 3 aromatic rings. The first-order valence-electron chi connectivity index (χ1n) is 7.79. The van der Waals surface area contributed by atoms with Crippen LogP contribution in [0.2, 0.25) is 0 Å². The average molecular weight is 342 g/mol. The molecule has 0 atom stereocenters. The lowest BCUT2D eigenvalue weighted by molar-refractivity contribution is 0.419. The van der Waals surface area contributed by atoms with Crippen molar-refractivity contribution in [2.75, 3.05) is 18.0 Å². The molecule has 1 aliphatic heterocycles. The van der Waals surface area contributed by atoms with Gasteiger partial charge in [-0.15, -0.1) is 0 Å². The van der Waals surface area contributed by atoms with E-state index in [4.69, 9.17) is 4.74 Å². The number of anilines is 1. The van der Waals surface area contributed by atoms with E-state index in [1.165, 1.54) is 4.31 Å². The fourth-order valence-corrected chi connectivity index (χ4v) is 4.75. The van der Waals surface area contributed by atoms with Crippen LogP contribution in [0.1, 0.15) is 11.1 Å². The molecule has 0 bridgehead atoms. The Hall–Kier alpha value is -2.47. The van der Waals surface area contributed by atoms with Crippen molar-refractivity contribution < 1.29 is 13.2 Å². The number of aromatic nitrogens is 1. The van der Waals surface area contributed by atoms with Crippen LogP contribution in [0.15, 0.2) is 47.5 Å². The van der Waals surface area contributed by atoms with Gasteiger partial charge in [-0.1, -0.05) is 17.7 Å². The van der Waals surface area contributed by atoms with E-state index in [0.29, 0.717) is 23.5 Å². The zero-order chi connectivity index (χ0) is 16.9. The van der Waals surface area contributed by atoms with E-state index in [1.807, 2.05) is 31.3 Å². The average Bonchev–Trinajstić information content (AvgIpc) is 3.01. The van der Waals surface area contributed by atoms with E-state index in [-0.39, 0.29) is 0 Å². The van der Waals surface area contributed by atoms with Gasteiger partial charge in [-0.05, 0) is 43.2 Å². The number of aryl methyl sites for hydroxylation is 1. The molecule has 1 aliphatic rings. The summed E-state index contributed by atoms with van der Waals surface area (Å²) < 4.78 is 33.1. The van der Waals surface area contributed by atoms with Crippen LogP contribution in [0.3, 0.4) is 0 Å². The summed E-state index contributed by atoms with van der Waals surface area (Å²) in [4.78, 5) is 3.53. The molecule has 0 fully saturated rings. The largest absolute Gasteiger partial charge is 0.495 e. The third-order valence-electron chi connectivity index (χ3n) is 4.54. The molecule has 0 saturated heterocycles. The second-order valence-electron chi connectivity index (χ2n) is 5.99. The van der Waals surface area contributed by atoms with E-state index in [1.54, 1.807) is 25.3 Å². The number of sulfonamides is 1. The molecular formula is C18H18N2O3S. The minimum atomic E-state index is -3.59. The van der Waals surface area contributed by atoms with Crippen LogP contribution < -0.4 is 9.04 Å². The van der Waals surface area contributed by atoms with Crippen LogP contribution in [-0.2, 0) is 16.4 Å². The molecule has 1 aromatic heterocycles. The van der Waals surface area contributed by atoms with Gasteiger partial charge in [0.15, 0.2) is 0 Å². The summed E-state index contributed by atoms with van der Waals surface area (Å²) in [6, 6.07) is 10.6. The summed E-state index contributed by atoms with van der Waals surface area (Å²) in [7, 11) is -1.97. The van der Waals surface area contributed by atoms with Gasteiger partial charge in [0.25, 0.3) is 10.0 Å². The SMILES string of the molecule is COc1ccc2c3c(c[nH]c13)CCN2S(=O)(=O)c1ccc(C)cc1. The minimum absolute atomic E-state index is 0.316. The van der Waals surface area contributed by atoms with Crippen LogP contribution in [0.5, 0.6) is 5.75 Å². The van der Waals surface area contributed by atoms with Gasteiger partial charge in [0.05, 0.1) is 23.2 Å². The van der Waals surface area contributed by atoms with Crippen LogP contribution in [0, 0.1) is 6.92 Å². The van der Waals surface area contributed by atoms with Crippen molar-refractivity contribution in [2.24, 2.45) is 0 Å². The van der Waals surface area contributed by atoms with Crippen molar-refractivity contribution in [3.8, 4) is 5.75 Å². The number of ether oxygens (including phenoxy) is 1. The number of nitrogens with zero attached hydrogens (tertiary/aromatic N) is 1. The molecule has 0 spiro atoms. The second kappa shape index (κ2) is 5.27. The van der Waals surface area contributed by atoms with Gasteiger partial charge in [0.1, 0.15) is 5.75 Å². The zero-order valence-corrected chi connectivity index (χ0v) is 14.4. The normalized spacial score (nSPS) is 14.2. The zero-order valence-electron chi connectivity index (χ0n) is 13.5. The third-order valence-corrected chi connectivity index (χ3v) is 6.37. The van der Waals surface area contributed by atoms with Crippen molar-refractivity contribution in [2.45, 2.75) is 18.2 Å². The molecule has 0 radical (unpaired) electrons. The Morgan fingerprint density at radius 2 is 1.88 bits per heavy atom. The Kier molecular flexibility index (Phi) is 3.31. The van der Waals surface area contributed by atoms with Gasteiger partial charge in [-0.25, -0.2) is 8.42 Å².